The van der Waals surface area contributed by atoms with E-state index in [-0.39, 0.29) is 6.00 Å². The van der Waals surface area contributed by atoms with Crippen LogP contribution >= 0.6 is 11.6 Å². The third-order valence-electron chi connectivity index (χ3n) is 0.697. The van der Waals surface area contributed by atoms with Crippen molar-refractivity contribution in [1.29, 1.82) is 0 Å². The molecule has 5 heteroatoms. The van der Waals surface area contributed by atoms with E-state index in [1.807, 2.05) is 0 Å². The van der Waals surface area contributed by atoms with Crippen LogP contribution in [0.1, 0.15) is 6.92 Å². The molecule has 0 spiro atoms. The van der Waals surface area contributed by atoms with Gasteiger partial charge in [-0.25, -0.2) is 4.31 Å². The average Bonchev–Trinajstić information content (AvgIpc) is 1.69. The molecule has 8 heavy (non-hydrogen) atoms. The highest BCUT2D eigenvalue weighted by Crippen LogP contribution is 1.91. The molecule has 0 saturated heterocycles. The second-order valence-electron chi connectivity index (χ2n) is 1.13. The first-order chi connectivity index (χ1) is 3.72. The molecular weight excluding hydrogens is 150 g/mol. The van der Waals surface area contributed by atoms with Crippen molar-refractivity contribution in [3.8, 4) is 0 Å². The third kappa shape index (κ3) is 2.61. The molecule has 0 aromatic heterocycles. The van der Waals surface area contributed by atoms with Gasteiger partial charge in [0.1, 0.15) is 0 Å². The summed E-state index contributed by atoms with van der Waals surface area (Å²) in [5.41, 5.74) is 0. The molecule has 1 atom stereocenters. The lowest BCUT2D eigenvalue weighted by atomic mass is 10.8. The van der Waals surface area contributed by atoms with Gasteiger partial charge in [-0.3, -0.25) is 4.21 Å². The van der Waals surface area contributed by atoms with Crippen molar-refractivity contribution in [2.75, 3.05) is 12.5 Å². The highest BCUT2D eigenvalue weighted by molar-refractivity contribution is 7.76. The number of hydrogen-bond donors (Lipinski definition) is 0. The van der Waals surface area contributed by atoms with Gasteiger partial charge >= 0.3 is 0 Å². The Bertz CT molecular complexity index is 85.4. The lowest BCUT2D eigenvalue weighted by Gasteiger charge is -2.18. The van der Waals surface area contributed by atoms with E-state index in [1.165, 1.54) is 0 Å². The van der Waals surface area contributed by atoms with Crippen molar-refractivity contribution in [1.82, 2.24) is 4.31 Å². The van der Waals surface area contributed by atoms with Crippen LogP contribution in [0.4, 0.5) is 0 Å². The standard InChI is InChI=1S/C3H8ClNO2S/c1-2-5(3-4)8(6)7/h2-3H2,1H3,(H,6,7)/p-1. The van der Waals surface area contributed by atoms with E-state index >= 15 is 0 Å². The van der Waals surface area contributed by atoms with Gasteiger partial charge in [-0.1, -0.05) is 6.92 Å². The summed E-state index contributed by atoms with van der Waals surface area (Å²) in [6.07, 6.45) is 0. The van der Waals surface area contributed by atoms with E-state index in [0.29, 0.717) is 6.54 Å². The molecule has 0 aliphatic carbocycles. The summed E-state index contributed by atoms with van der Waals surface area (Å²) < 4.78 is 21.1. The van der Waals surface area contributed by atoms with E-state index in [9.17, 15) is 8.76 Å². The predicted molar refractivity (Wildman–Crippen MR) is 32.0 cm³/mol. The van der Waals surface area contributed by atoms with E-state index in [2.05, 4.69) is 0 Å². The monoisotopic (exact) mass is 156 g/mol. The SMILES string of the molecule is CCN(CCl)S(=O)[O-]. The van der Waals surface area contributed by atoms with Crippen LogP contribution in [0.25, 0.3) is 0 Å². The second kappa shape index (κ2) is 4.26. The topological polar surface area (TPSA) is 43.4 Å². The van der Waals surface area contributed by atoms with Crippen LogP contribution in [0.2, 0.25) is 0 Å². The summed E-state index contributed by atoms with van der Waals surface area (Å²) in [5.74, 6) is 0. The van der Waals surface area contributed by atoms with Gasteiger partial charge in [0.25, 0.3) is 0 Å². The zero-order chi connectivity index (χ0) is 6.57. The highest BCUT2D eigenvalue weighted by atomic mass is 35.5. The van der Waals surface area contributed by atoms with Crippen LogP contribution in [0.5, 0.6) is 0 Å². The number of hydrogen-bond acceptors (Lipinski definition) is 2. The molecule has 0 amide bonds. The first-order valence-corrected chi connectivity index (χ1v) is 3.69. The molecule has 0 aromatic carbocycles. The minimum Gasteiger partial charge on any atom is -0.760 e. The molecular formula is C3H7ClNO2S-. The Morgan fingerprint density at radius 3 is 2.38 bits per heavy atom. The van der Waals surface area contributed by atoms with E-state index in [4.69, 9.17) is 11.6 Å². The quantitative estimate of drug-likeness (QED) is 0.335. The van der Waals surface area contributed by atoms with Crippen LogP contribution < -0.4 is 0 Å². The Kier molecular flexibility index (Phi) is 4.45. The molecule has 0 aromatic rings. The van der Waals surface area contributed by atoms with Gasteiger partial charge in [-0.2, -0.15) is 0 Å². The molecule has 0 aliphatic heterocycles. The van der Waals surface area contributed by atoms with Crippen LogP contribution in [0.3, 0.4) is 0 Å². The fraction of sp³-hybridized carbons (Fsp3) is 1.00. The molecule has 0 bridgehead atoms. The summed E-state index contributed by atoms with van der Waals surface area (Å²) >= 11 is 3.04. The minimum atomic E-state index is -2.15. The lowest BCUT2D eigenvalue weighted by molar-refractivity contribution is 0.436. The van der Waals surface area contributed by atoms with Crippen molar-refractivity contribution >= 4 is 22.9 Å². The van der Waals surface area contributed by atoms with Crippen LogP contribution in [-0.4, -0.2) is 25.6 Å². The Balaban J connectivity index is 3.52. The van der Waals surface area contributed by atoms with Gasteiger partial charge in [0.2, 0.25) is 0 Å². The van der Waals surface area contributed by atoms with Gasteiger partial charge in [0.15, 0.2) is 0 Å². The fourth-order valence-electron chi connectivity index (χ4n) is 0.230. The van der Waals surface area contributed by atoms with Gasteiger partial charge < -0.3 is 4.55 Å². The first-order valence-electron chi connectivity index (χ1n) is 2.12. The van der Waals surface area contributed by atoms with Gasteiger partial charge in [0.05, 0.1) is 6.00 Å². The molecule has 0 saturated carbocycles. The summed E-state index contributed by atoms with van der Waals surface area (Å²) in [5, 5.41) is 0. The van der Waals surface area contributed by atoms with Crippen molar-refractivity contribution in [3.05, 3.63) is 0 Å². The zero-order valence-electron chi connectivity index (χ0n) is 4.46. The smallest absolute Gasteiger partial charge is 0.0846 e. The molecule has 1 unspecified atom stereocenters. The molecule has 0 rings (SSSR count). The Labute approximate surface area is 56.0 Å². The second-order valence-corrected chi connectivity index (χ2v) is 2.32. The maximum atomic E-state index is 10.0. The predicted octanol–water partition coefficient (Wildman–Crippen LogP) is 0.299. The van der Waals surface area contributed by atoms with E-state index in [1.54, 1.807) is 6.92 Å². The van der Waals surface area contributed by atoms with Crippen molar-refractivity contribution in [2.45, 2.75) is 6.92 Å². The number of halogens is 1. The number of alkyl halides is 1. The van der Waals surface area contributed by atoms with Crippen molar-refractivity contribution in [3.63, 3.8) is 0 Å². The Morgan fingerprint density at radius 1 is 1.88 bits per heavy atom. The van der Waals surface area contributed by atoms with Crippen LogP contribution in [-0.2, 0) is 11.3 Å². The fourth-order valence-corrected chi connectivity index (χ4v) is 0.928. The molecule has 50 valence electrons. The largest absolute Gasteiger partial charge is 0.760 e. The molecule has 0 radical (unpaired) electrons. The third-order valence-corrected chi connectivity index (χ3v) is 1.94. The zero-order valence-corrected chi connectivity index (χ0v) is 6.04. The summed E-state index contributed by atoms with van der Waals surface area (Å²) in [4.78, 5) is 0. The van der Waals surface area contributed by atoms with Crippen LogP contribution in [0, 0.1) is 0 Å². The van der Waals surface area contributed by atoms with Gasteiger partial charge in [-0.05, 0) is 0 Å². The number of rotatable bonds is 3. The van der Waals surface area contributed by atoms with E-state index < -0.39 is 11.3 Å². The van der Waals surface area contributed by atoms with Gasteiger partial charge in [-0.15, -0.1) is 11.6 Å². The Hall–Kier alpha value is 0.360. The van der Waals surface area contributed by atoms with Crippen LogP contribution in [0.15, 0.2) is 0 Å². The highest BCUT2D eigenvalue weighted by Gasteiger charge is 1.95. The lowest BCUT2D eigenvalue weighted by Crippen LogP contribution is -2.23. The summed E-state index contributed by atoms with van der Waals surface area (Å²) in [6.45, 7) is 2.15. The molecule has 3 nitrogen and oxygen atoms in total. The van der Waals surface area contributed by atoms with Crippen molar-refractivity contribution in [2.24, 2.45) is 0 Å². The average molecular weight is 157 g/mol. The Morgan fingerprint density at radius 2 is 2.38 bits per heavy atom. The van der Waals surface area contributed by atoms with Gasteiger partial charge in [0, 0.05) is 17.8 Å². The summed E-state index contributed by atoms with van der Waals surface area (Å²) in [7, 11) is 0. The maximum Gasteiger partial charge on any atom is 0.0846 e. The van der Waals surface area contributed by atoms with E-state index in [0.717, 1.165) is 4.31 Å². The molecule has 0 heterocycles. The normalized spacial score (nSPS) is 14.5. The molecule has 0 N–H and O–H groups in total. The van der Waals surface area contributed by atoms with Crippen molar-refractivity contribution < 1.29 is 8.76 Å². The first kappa shape index (κ1) is 8.36. The minimum absolute atomic E-state index is 0.0343. The summed E-state index contributed by atoms with van der Waals surface area (Å²) in [6, 6.07) is 0.0343. The molecule has 0 aliphatic rings. The molecule has 0 fully saturated rings. The number of nitrogens with zero attached hydrogens (tertiary/aromatic N) is 1. The maximum absolute atomic E-state index is 10.0.